The van der Waals surface area contributed by atoms with Crippen LogP contribution in [0.2, 0.25) is 0 Å². The molecule has 0 atom stereocenters. The minimum Gasteiger partial charge on any atom is -0.507 e. The third-order valence-electron chi connectivity index (χ3n) is 2.92. The normalized spacial score (nSPS) is 10.2. The van der Waals surface area contributed by atoms with Gasteiger partial charge in [-0.15, -0.1) is 0 Å². The van der Waals surface area contributed by atoms with E-state index in [-0.39, 0.29) is 11.3 Å². The van der Waals surface area contributed by atoms with E-state index in [1.165, 1.54) is 17.7 Å². The van der Waals surface area contributed by atoms with Gasteiger partial charge in [0.2, 0.25) is 0 Å². The zero-order valence-electron chi connectivity index (χ0n) is 11.0. The number of carboxylic acids is 1. The molecule has 0 aliphatic rings. The van der Waals surface area contributed by atoms with Crippen LogP contribution in [-0.2, 0) is 6.42 Å². The molecule has 0 amide bonds. The second kappa shape index (κ2) is 6.61. The number of phenols is 1. The molecular weight excluding hydrogens is 256 g/mol. The van der Waals surface area contributed by atoms with Gasteiger partial charge in [0.25, 0.3) is 0 Å². The standard InChI is InChI=1S/C16H16O4/c17-15-11-13(8-9-14(15)16(18)19)20-10-4-7-12-5-2-1-3-6-12/h1-3,5-6,8-9,11,17H,4,7,10H2,(H,18,19). The van der Waals surface area contributed by atoms with Crippen LogP contribution in [0.4, 0.5) is 0 Å². The number of rotatable bonds is 6. The van der Waals surface area contributed by atoms with E-state index in [2.05, 4.69) is 12.1 Å². The number of carbonyl (C=O) groups is 1. The number of aromatic carboxylic acids is 1. The molecule has 2 N–H and O–H groups in total. The number of benzene rings is 2. The Morgan fingerprint density at radius 2 is 1.85 bits per heavy atom. The summed E-state index contributed by atoms with van der Waals surface area (Å²) in [5.41, 5.74) is 1.13. The smallest absolute Gasteiger partial charge is 0.339 e. The van der Waals surface area contributed by atoms with Crippen LogP contribution in [-0.4, -0.2) is 22.8 Å². The van der Waals surface area contributed by atoms with Crippen molar-refractivity contribution in [3.8, 4) is 11.5 Å². The average Bonchev–Trinajstić information content (AvgIpc) is 2.44. The third-order valence-corrected chi connectivity index (χ3v) is 2.92. The van der Waals surface area contributed by atoms with Crippen molar-refractivity contribution in [3.63, 3.8) is 0 Å². The Labute approximate surface area is 117 Å². The third kappa shape index (κ3) is 3.75. The van der Waals surface area contributed by atoms with Crippen molar-refractivity contribution in [3.05, 3.63) is 59.7 Å². The monoisotopic (exact) mass is 272 g/mol. The molecule has 0 aliphatic carbocycles. The molecule has 0 fully saturated rings. The Balaban J connectivity index is 1.83. The molecule has 104 valence electrons. The summed E-state index contributed by atoms with van der Waals surface area (Å²) in [6, 6.07) is 14.3. The van der Waals surface area contributed by atoms with E-state index < -0.39 is 5.97 Å². The summed E-state index contributed by atoms with van der Waals surface area (Å²) in [6.07, 6.45) is 1.77. The zero-order chi connectivity index (χ0) is 14.4. The maximum absolute atomic E-state index is 10.7. The molecule has 0 unspecified atom stereocenters. The fourth-order valence-corrected chi connectivity index (χ4v) is 1.89. The van der Waals surface area contributed by atoms with Crippen LogP contribution in [0.3, 0.4) is 0 Å². The Bertz CT molecular complexity index is 578. The van der Waals surface area contributed by atoms with Crippen LogP contribution >= 0.6 is 0 Å². The van der Waals surface area contributed by atoms with Crippen LogP contribution in [0.5, 0.6) is 11.5 Å². The van der Waals surface area contributed by atoms with E-state index >= 15 is 0 Å². The van der Waals surface area contributed by atoms with Gasteiger partial charge in [-0.1, -0.05) is 30.3 Å². The van der Waals surface area contributed by atoms with Crippen molar-refractivity contribution < 1.29 is 19.7 Å². The van der Waals surface area contributed by atoms with Crippen LogP contribution in [0, 0.1) is 0 Å². The summed E-state index contributed by atoms with van der Waals surface area (Å²) >= 11 is 0. The van der Waals surface area contributed by atoms with Crippen molar-refractivity contribution >= 4 is 5.97 Å². The van der Waals surface area contributed by atoms with Crippen molar-refractivity contribution in [2.24, 2.45) is 0 Å². The molecule has 4 nitrogen and oxygen atoms in total. The lowest BCUT2D eigenvalue weighted by molar-refractivity contribution is 0.0693. The van der Waals surface area contributed by atoms with Gasteiger partial charge in [-0.25, -0.2) is 4.79 Å². The van der Waals surface area contributed by atoms with Gasteiger partial charge in [0.1, 0.15) is 17.1 Å². The van der Waals surface area contributed by atoms with Gasteiger partial charge in [-0.2, -0.15) is 0 Å². The molecule has 0 heterocycles. The first-order valence-corrected chi connectivity index (χ1v) is 6.40. The Kier molecular flexibility index (Phi) is 4.60. The average molecular weight is 272 g/mol. The molecule has 0 aromatic heterocycles. The molecule has 0 radical (unpaired) electrons. The van der Waals surface area contributed by atoms with Gasteiger partial charge < -0.3 is 14.9 Å². The maximum atomic E-state index is 10.7. The van der Waals surface area contributed by atoms with Crippen molar-refractivity contribution in [2.45, 2.75) is 12.8 Å². The molecule has 4 heteroatoms. The van der Waals surface area contributed by atoms with E-state index in [1.807, 2.05) is 18.2 Å². The fourth-order valence-electron chi connectivity index (χ4n) is 1.89. The highest BCUT2D eigenvalue weighted by atomic mass is 16.5. The minimum atomic E-state index is -1.15. The first kappa shape index (κ1) is 13.9. The Hall–Kier alpha value is -2.49. The molecule has 2 aromatic carbocycles. The van der Waals surface area contributed by atoms with Crippen LogP contribution in [0.1, 0.15) is 22.3 Å². The minimum absolute atomic E-state index is 0.123. The van der Waals surface area contributed by atoms with Crippen molar-refractivity contribution in [1.29, 1.82) is 0 Å². The zero-order valence-corrected chi connectivity index (χ0v) is 11.0. The van der Waals surface area contributed by atoms with Gasteiger partial charge in [-0.05, 0) is 30.5 Å². The summed E-state index contributed by atoms with van der Waals surface area (Å²) in [5.74, 6) is -0.961. The number of hydrogen-bond acceptors (Lipinski definition) is 3. The van der Waals surface area contributed by atoms with Gasteiger partial charge in [0.05, 0.1) is 6.61 Å². The van der Waals surface area contributed by atoms with E-state index in [1.54, 1.807) is 6.07 Å². The SMILES string of the molecule is O=C(O)c1ccc(OCCCc2ccccc2)cc1O. The van der Waals surface area contributed by atoms with E-state index in [4.69, 9.17) is 9.84 Å². The number of aryl methyl sites for hydroxylation is 1. The van der Waals surface area contributed by atoms with E-state index in [0.29, 0.717) is 12.4 Å². The quantitative estimate of drug-likeness (QED) is 0.793. The van der Waals surface area contributed by atoms with Crippen LogP contribution in [0.15, 0.2) is 48.5 Å². The predicted molar refractivity (Wildman–Crippen MR) is 75.3 cm³/mol. The topological polar surface area (TPSA) is 66.8 Å². The van der Waals surface area contributed by atoms with Gasteiger partial charge in [0, 0.05) is 6.07 Å². The number of ether oxygens (including phenoxy) is 1. The highest BCUT2D eigenvalue weighted by Crippen LogP contribution is 2.23. The summed E-state index contributed by atoms with van der Waals surface area (Å²) in [7, 11) is 0. The molecule has 0 saturated carbocycles. The highest BCUT2D eigenvalue weighted by Gasteiger charge is 2.09. The lowest BCUT2D eigenvalue weighted by Crippen LogP contribution is -2.01. The summed E-state index contributed by atoms with van der Waals surface area (Å²) < 4.78 is 5.49. The first-order valence-electron chi connectivity index (χ1n) is 6.40. The number of carboxylic acid groups (broad SMARTS) is 1. The second-order valence-corrected chi connectivity index (χ2v) is 4.42. The maximum Gasteiger partial charge on any atom is 0.339 e. The lowest BCUT2D eigenvalue weighted by Gasteiger charge is -2.07. The largest absolute Gasteiger partial charge is 0.507 e. The Morgan fingerprint density at radius 1 is 1.10 bits per heavy atom. The molecule has 2 rings (SSSR count). The molecular formula is C16H16O4. The highest BCUT2D eigenvalue weighted by molar-refractivity contribution is 5.90. The molecule has 0 spiro atoms. The number of hydrogen-bond donors (Lipinski definition) is 2. The number of aromatic hydroxyl groups is 1. The molecule has 20 heavy (non-hydrogen) atoms. The summed E-state index contributed by atoms with van der Waals surface area (Å²) in [5, 5.41) is 18.3. The summed E-state index contributed by atoms with van der Waals surface area (Å²) in [6.45, 7) is 0.515. The molecule has 2 aromatic rings. The molecule has 0 bridgehead atoms. The van der Waals surface area contributed by atoms with E-state index in [0.717, 1.165) is 12.8 Å². The van der Waals surface area contributed by atoms with Crippen molar-refractivity contribution in [2.75, 3.05) is 6.61 Å². The van der Waals surface area contributed by atoms with Gasteiger partial charge in [-0.3, -0.25) is 0 Å². The first-order chi connectivity index (χ1) is 9.66. The fraction of sp³-hybridized carbons (Fsp3) is 0.188. The predicted octanol–water partition coefficient (Wildman–Crippen LogP) is 3.10. The molecule has 0 saturated heterocycles. The van der Waals surface area contributed by atoms with Gasteiger partial charge in [0.15, 0.2) is 0 Å². The van der Waals surface area contributed by atoms with Crippen molar-refractivity contribution in [1.82, 2.24) is 0 Å². The van der Waals surface area contributed by atoms with E-state index in [9.17, 15) is 9.90 Å². The lowest BCUT2D eigenvalue weighted by atomic mass is 10.1. The molecule has 0 aliphatic heterocycles. The van der Waals surface area contributed by atoms with Crippen LogP contribution < -0.4 is 4.74 Å². The van der Waals surface area contributed by atoms with Gasteiger partial charge >= 0.3 is 5.97 Å². The Morgan fingerprint density at radius 3 is 2.50 bits per heavy atom. The summed E-state index contributed by atoms with van der Waals surface area (Å²) in [4.78, 5) is 10.7. The second-order valence-electron chi connectivity index (χ2n) is 4.42. The van der Waals surface area contributed by atoms with Crippen LogP contribution in [0.25, 0.3) is 0 Å².